The number of hydrogen-bond donors (Lipinski definition) is 0. The highest BCUT2D eigenvalue weighted by Crippen LogP contribution is 2.53. The third-order valence-corrected chi connectivity index (χ3v) is 5.15. The van der Waals surface area contributed by atoms with Crippen molar-refractivity contribution in [1.29, 1.82) is 5.26 Å². The highest BCUT2D eigenvalue weighted by Gasteiger charge is 2.49. The van der Waals surface area contributed by atoms with Crippen LogP contribution in [0.2, 0.25) is 0 Å². The second kappa shape index (κ2) is 6.02. The molecule has 0 spiro atoms. The zero-order valence-corrected chi connectivity index (χ0v) is 13.5. The standard InChI is InChI=1S/C17H13F3N2OS/c1-9-8-24-16(22-9)13(7-21)15(23)12-6-11(12)10-4-2-3-5-14(10)17(18,19)20/h2-5,8,11-13H,6H2,1H3/t11-,12+,13+/m0/s1. The van der Waals surface area contributed by atoms with Crippen LogP contribution in [0.3, 0.4) is 0 Å². The van der Waals surface area contributed by atoms with Gasteiger partial charge in [0, 0.05) is 17.0 Å². The zero-order chi connectivity index (χ0) is 17.5. The molecule has 0 bridgehead atoms. The van der Waals surface area contributed by atoms with Crippen LogP contribution in [-0.4, -0.2) is 10.8 Å². The number of nitriles is 1. The summed E-state index contributed by atoms with van der Waals surface area (Å²) in [6.07, 6.45) is -4.11. The van der Waals surface area contributed by atoms with E-state index in [2.05, 4.69) is 4.98 Å². The van der Waals surface area contributed by atoms with E-state index in [0.29, 0.717) is 11.4 Å². The van der Waals surface area contributed by atoms with Gasteiger partial charge < -0.3 is 0 Å². The van der Waals surface area contributed by atoms with Crippen LogP contribution >= 0.6 is 11.3 Å². The molecular weight excluding hydrogens is 337 g/mol. The van der Waals surface area contributed by atoms with Gasteiger partial charge in [-0.1, -0.05) is 18.2 Å². The molecule has 0 saturated heterocycles. The number of halogens is 3. The molecule has 24 heavy (non-hydrogen) atoms. The minimum absolute atomic E-state index is 0.135. The molecule has 0 radical (unpaired) electrons. The maximum absolute atomic E-state index is 13.1. The van der Waals surface area contributed by atoms with Gasteiger partial charge in [0.15, 0.2) is 11.7 Å². The van der Waals surface area contributed by atoms with Gasteiger partial charge in [0.05, 0.1) is 11.6 Å². The highest BCUT2D eigenvalue weighted by molar-refractivity contribution is 7.09. The second-order valence-electron chi connectivity index (χ2n) is 5.83. The summed E-state index contributed by atoms with van der Waals surface area (Å²) in [5.74, 6) is -2.37. The SMILES string of the molecule is Cc1csc([C@H](C#N)C(=O)[C@@H]2C[C@H]2c2ccccc2C(F)(F)F)n1. The number of hydrogen-bond acceptors (Lipinski definition) is 4. The number of carbonyl (C=O) groups is 1. The molecule has 0 aliphatic heterocycles. The molecule has 1 fully saturated rings. The van der Waals surface area contributed by atoms with Crippen molar-refractivity contribution in [1.82, 2.24) is 4.98 Å². The van der Waals surface area contributed by atoms with Crippen LogP contribution in [0.5, 0.6) is 0 Å². The summed E-state index contributed by atoms with van der Waals surface area (Å²) in [6.45, 7) is 1.76. The molecule has 7 heteroatoms. The number of aromatic nitrogens is 1. The van der Waals surface area contributed by atoms with Gasteiger partial charge in [-0.3, -0.25) is 4.79 Å². The van der Waals surface area contributed by atoms with Crippen LogP contribution in [0.15, 0.2) is 29.6 Å². The minimum Gasteiger partial charge on any atom is -0.297 e. The Hall–Kier alpha value is -2.20. The number of thiazole rings is 1. The summed E-state index contributed by atoms with van der Waals surface area (Å²) in [6, 6.07) is 7.26. The number of alkyl halides is 3. The third-order valence-electron chi connectivity index (χ3n) is 4.12. The number of ketones is 1. The molecule has 1 aromatic heterocycles. The van der Waals surface area contributed by atoms with Gasteiger partial charge in [-0.2, -0.15) is 18.4 Å². The number of Topliss-reactive ketones (excluding diaryl/α,β-unsaturated/α-hetero) is 1. The molecule has 0 N–H and O–H groups in total. The Labute approximate surface area is 140 Å². The van der Waals surface area contributed by atoms with Crippen LogP contribution < -0.4 is 0 Å². The Morgan fingerprint density at radius 1 is 1.42 bits per heavy atom. The first-order valence-electron chi connectivity index (χ1n) is 7.34. The van der Waals surface area contributed by atoms with E-state index >= 15 is 0 Å². The Morgan fingerprint density at radius 3 is 2.71 bits per heavy atom. The summed E-state index contributed by atoms with van der Waals surface area (Å²) in [4.78, 5) is 16.7. The van der Waals surface area contributed by atoms with Crippen molar-refractivity contribution in [2.75, 3.05) is 0 Å². The van der Waals surface area contributed by atoms with E-state index in [-0.39, 0.29) is 11.3 Å². The van der Waals surface area contributed by atoms with E-state index in [1.807, 2.05) is 6.07 Å². The largest absolute Gasteiger partial charge is 0.416 e. The molecule has 0 amide bonds. The average Bonchev–Trinajstić information content (AvgIpc) is 3.23. The Morgan fingerprint density at radius 2 is 2.12 bits per heavy atom. The Bertz CT molecular complexity index is 822. The predicted octanol–water partition coefficient (Wildman–Crippen LogP) is 4.45. The molecule has 0 unspecified atom stereocenters. The molecule has 1 aromatic carbocycles. The van der Waals surface area contributed by atoms with Crippen molar-refractivity contribution in [3.05, 3.63) is 51.5 Å². The monoisotopic (exact) mass is 350 g/mol. The smallest absolute Gasteiger partial charge is 0.297 e. The molecule has 1 heterocycles. The Balaban J connectivity index is 1.83. The topological polar surface area (TPSA) is 53.8 Å². The fourth-order valence-corrected chi connectivity index (χ4v) is 3.74. The van der Waals surface area contributed by atoms with Crippen LogP contribution in [0.4, 0.5) is 13.2 Å². The fourth-order valence-electron chi connectivity index (χ4n) is 2.89. The van der Waals surface area contributed by atoms with Crippen LogP contribution in [0.25, 0.3) is 0 Å². The van der Waals surface area contributed by atoms with Gasteiger partial charge in [0.2, 0.25) is 0 Å². The molecule has 1 aliphatic rings. The van der Waals surface area contributed by atoms with E-state index in [1.165, 1.54) is 29.5 Å². The van der Waals surface area contributed by atoms with Gasteiger partial charge in [-0.25, -0.2) is 4.98 Å². The van der Waals surface area contributed by atoms with E-state index in [4.69, 9.17) is 0 Å². The number of nitrogens with zero attached hydrogens (tertiary/aromatic N) is 2. The maximum atomic E-state index is 13.1. The molecule has 124 valence electrons. The summed E-state index contributed by atoms with van der Waals surface area (Å²) < 4.78 is 39.3. The Kier molecular flexibility index (Phi) is 4.18. The van der Waals surface area contributed by atoms with Gasteiger partial charge in [-0.05, 0) is 30.9 Å². The quantitative estimate of drug-likeness (QED) is 0.818. The van der Waals surface area contributed by atoms with Gasteiger partial charge in [0.25, 0.3) is 0 Å². The zero-order valence-electron chi connectivity index (χ0n) is 12.7. The highest BCUT2D eigenvalue weighted by atomic mass is 32.1. The van der Waals surface area contributed by atoms with Crippen molar-refractivity contribution >= 4 is 17.1 Å². The number of rotatable bonds is 4. The lowest BCUT2D eigenvalue weighted by Gasteiger charge is -2.12. The first-order valence-corrected chi connectivity index (χ1v) is 8.22. The fraction of sp³-hybridized carbons (Fsp3) is 0.353. The summed E-state index contributed by atoms with van der Waals surface area (Å²) in [5, 5.41) is 11.5. The summed E-state index contributed by atoms with van der Waals surface area (Å²) in [5.41, 5.74) is 0.150. The molecule has 3 rings (SSSR count). The van der Waals surface area contributed by atoms with Crippen LogP contribution in [0.1, 0.15) is 40.1 Å². The minimum atomic E-state index is -4.45. The second-order valence-corrected chi connectivity index (χ2v) is 6.71. The molecule has 1 saturated carbocycles. The lowest BCUT2D eigenvalue weighted by Crippen LogP contribution is -2.15. The first-order chi connectivity index (χ1) is 11.3. The first kappa shape index (κ1) is 16.7. The van der Waals surface area contributed by atoms with Gasteiger partial charge >= 0.3 is 6.18 Å². The van der Waals surface area contributed by atoms with Crippen molar-refractivity contribution in [3.63, 3.8) is 0 Å². The summed E-state index contributed by atoms with van der Waals surface area (Å²) in [7, 11) is 0. The van der Waals surface area contributed by atoms with Crippen molar-refractivity contribution in [3.8, 4) is 6.07 Å². The van der Waals surface area contributed by atoms with E-state index in [9.17, 15) is 23.2 Å². The number of benzene rings is 1. The summed E-state index contributed by atoms with van der Waals surface area (Å²) >= 11 is 1.23. The van der Waals surface area contributed by atoms with E-state index in [0.717, 1.165) is 11.8 Å². The van der Waals surface area contributed by atoms with Gasteiger partial charge in [0.1, 0.15) is 5.01 Å². The molecular formula is C17H13F3N2OS. The normalized spacial score (nSPS) is 21.1. The number of carbonyl (C=O) groups excluding carboxylic acids is 1. The van der Waals surface area contributed by atoms with Crippen molar-refractivity contribution in [2.45, 2.75) is 31.4 Å². The van der Waals surface area contributed by atoms with Crippen molar-refractivity contribution in [2.24, 2.45) is 5.92 Å². The number of aryl methyl sites for hydroxylation is 1. The lowest BCUT2D eigenvalue weighted by molar-refractivity contribution is -0.138. The lowest BCUT2D eigenvalue weighted by atomic mass is 9.96. The van der Waals surface area contributed by atoms with E-state index in [1.54, 1.807) is 12.3 Å². The maximum Gasteiger partial charge on any atom is 0.416 e. The van der Waals surface area contributed by atoms with E-state index < -0.39 is 29.5 Å². The van der Waals surface area contributed by atoms with Gasteiger partial charge in [-0.15, -0.1) is 11.3 Å². The average molecular weight is 350 g/mol. The van der Waals surface area contributed by atoms with Crippen LogP contribution in [-0.2, 0) is 11.0 Å². The molecule has 3 nitrogen and oxygen atoms in total. The molecule has 1 aliphatic carbocycles. The van der Waals surface area contributed by atoms with Crippen molar-refractivity contribution < 1.29 is 18.0 Å². The molecule has 3 atom stereocenters. The van der Waals surface area contributed by atoms with Crippen LogP contribution in [0, 0.1) is 24.2 Å². The predicted molar refractivity (Wildman–Crippen MR) is 82.5 cm³/mol. The molecule has 2 aromatic rings. The third kappa shape index (κ3) is 3.06.